The second-order valence-corrected chi connectivity index (χ2v) is 3.34. The minimum atomic E-state index is 0.0850. The summed E-state index contributed by atoms with van der Waals surface area (Å²) in [6.07, 6.45) is 2.04. The zero-order valence-corrected chi connectivity index (χ0v) is 6.60. The van der Waals surface area contributed by atoms with Gasteiger partial charge in [-0.3, -0.25) is 4.79 Å². The summed E-state index contributed by atoms with van der Waals surface area (Å²) in [4.78, 5) is 11.1. The molecule has 1 saturated carbocycles. The van der Waals surface area contributed by atoms with E-state index in [1.165, 1.54) is 11.3 Å². The van der Waals surface area contributed by atoms with Crippen LogP contribution in [0.1, 0.15) is 12.8 Å². The summed E-state index contributed by atoms with van der Waals surface area (Å²) < 4.78 is 0. The minimum Gasteiger partial charge on any atom is -0.300 e. The first-order valence-corrected chi connectivity index (χ1v) is 4.31. The number of carbonyl (C=O) groups excluding carboxylic acids is 1. The van der Waals surface area contributed by atoms with Crippen molar-refractivity contribution in [2.24, 2.45) is 5.92 Å². The van der Waals surface area contributed by atoms with Crippen molar-refractivity contribution < 1.29 is 4.79 Å². The Morgan fingerprint density at radius 3 is 3.09 bits per heavy atom. The fraction of sp³-hybridized carbons (Fsp3) is 0.500. The van der Waals surface area contributed by atoms with Gasteiger partial charge in [0, 0.05) is 5.92 Å². The van der Waals surface area contributed by atoms with Crippen molar-refractivity contribution in [2.45, 2.75) is 12.8 Å². The van der Waals surface area contributed by atoms with Crippen LogP contribution in [0.2, 0.25) is 0 Å². The summed E-state index contributed by atoms with van der Waals surface area (Å²) in [5, 5.41) is 10.6. The molecular weight excluding hydrogens is 162 g/mol. The first-order valence-electron chi connectivity index (χ1n) is 3.43. The van der Waals surface area contributed by atoms with Crippen LogP contribution in [-0.4, -0.2) is 16.1 Å². The van der Waals surface area contributed by atoms with Crippen molar-refractivity contribution >= 4 is 22.4 Å². The van der Waals surface area contributed by atoms with Gasteiger partial charge in [-0.05, 0) is 12.8 Å². The van der Waals surface area contributed by atoms with Crippen molar-refractivity contribution in [2.75, 3.05) is 5.32 Å². The fourth-order valence-electron chi connectivity index (χ4n) is 0.781. The molecule has 0 aliphatic heterocycles. The molecule has 2 rings (SSSR count). The van der Waals surface area contributed by atoms with E-state index in [1.807, 2.05) is 0 Å². The Hall–Kier alpha value is -0.970. The number of anilines is 1. The number of carbonyl (C=O) groups is 1. The molecule has 0 bridgehead atoms. The lowest BCUT2D eigenvalue weighted by molar-refractivity contribution is -0.117. The molecule has 1 fully saturated rings. The maximum Gasteiger partial charge on any atom is 0.229 e. The average Bonchev–Trinajstić information content (AvgIpc) is 2.73. The van der Waals surface area contributed by atoms with Gasteiger partial charge in [0.15, 0.2) is 0 Å². The lowest BCUT2D eigenvalue weighted by Gasteiger charge is -1.95. The summed E-state index contributed by atoms with van der Waals surface area (Å²) in [7, 11) is 0. The maximum atomic E-state index is 11.1. The van der Waals surface area contributed by atoms with E-state index in [0.717, 1.165) is 12.8 Å². The van der Waals surface area contributed by atoms with Crippen LogP contribution in [0.3, 0.4) is 0 Å². The third-order valence-electron chi connectivity index (χ3n) is 1.54. The number of nitrogens with zero attached hydrogens (tertiary/aromatic N) is 2. The van der Waals surface area contributed by atoms with E-state index in [2.05, 4.69) is 15.5 Å². The summed E-state index contributed by atoms with van der Waals surface area (Å²) in [6, 6.07) is 0. The second-order valence-electron chi connectivity index (χ2n) is 2.51. The molecule has 4 nitrogen and oxygen atoms in total. The third-order valence-corrected chi connectivity index (χ3v) is 2.14. The monoisotopic (exact) mass is 169 g/mol. The molecule has 1 aromatic rings. The average molecular weight is 169 g/mol. The van der Waals surface area contributed by atoms with E-state index in [0.29, 0.717) is 5.13 Å². The van der Waals surface area contributed by atoms with Crippen molar-refractivity contribution in [3.05, 3.63) is 5.51 Å². The van der Waals surface area contributed by atoms with Crippen LogP contribution in [0, 0.1) is 5.92 Å². The van der Waals surface area contributed by atoms with Gasteiger partial charge in [-0.15, -0.1) is 10.2 Å². The fourth-order valence-corrected chi connectivity index (χ4v) is 1.23. The highest BCUT2D eigenvalue weighted by atomic mass is 32.1. The number of aromatic nitrogens is 2. The highest BCUT2D eigenvalue weighted by Crippen LogP contribution is 2.30. The predicted octanol–water partition coefficient (Wildman–Crippen LogP) is 0.887. The zero-order valence-electron chi connectivity index (χ0n) is 5.78. The molecule has 0 radical (unpaired) electrons. The van der Waals surface area contributed by atoms with E-state index in [1.54, 1.807) is 5.51 Å². The van der Waals surface area contributed by atoms with E-state index in [9.17, 15) is 4.79 Å². The van der Waals surface area contributed by atoms with Gasteiger partial charge in [-0.2, -0.15) is 0 Å². The quantitative estimate of drug-likeness (QED) is 0.715. The molecule has 1 aliphatic carbocycles. The van der Waals surface area contributed by atoms with E-state index < -0.39 is 0 Å². The highest BCUT2D eigenvalue weighted by molar-refractivity contribution is 7.13. The van der Waals surface area contributed by atoms with Crippen LogP contribution >= 0.6 is 11.3 Å². The predicted molar refractivity (Wildman–Crippen MR) is 41.3 cm³/mol. The van der Waals surface area contributed by atoms with Crippen LogP contribution in [0.5, 0.6) is 0 Å². The Morgan fingerprint density at radius 2 is 2.55 bits per heavy atom. The Bertz CT molecular complexity index is 255. The van der Waals surface area contributed by atoms with Gasteiger partial charge in [0.1, 0.15) is 5.51 Å². The Labute approximate surface area is 67.6 Å². The smallest absolute Gasteiger partial charge is 0.229 e. The van der Waals surface area contributed by atoms with Gasteiger partial charge < -0.3 is 5.32 Å². The summed E-state index contributed by atoms with van der Waals surface area (Å²) in [5.41, 5.74) is 1.60. The van der Waals surface area contributed by atoms with Gasteiger partial charge >= 0.3 is 0 Å². The molecule has 1 amide bonds. The standard InChI is InChI=1S/C6H7N3OS/c10-5(4-1-2-4)8-6-9-7-3-11-6/h3-4H,1-2H2,(H,8,9,10). The molecule has 58 valence electrons. The normalized spacial score (nSPS) is 16.4. The van der Waals surface area contributed by atoms with Crippen LogP contribution in [0.25, 0.3) is 0 Å². The molecule has 1 N–H and O–H groups in total. The zero-order chi connectivity index (χ0) is 7.68. The molecule has 1 heterocycles. The molecule has 0 saturated heterocycles. The lowest BCUT2D eigenvalue weighted by Crippen LogP contribution is -2.12. The second kappa shape index (κ2) is 2.58. The molecule has 5 heteroatoms. The summed E-state index contributed by atoms with van der Waals surface area (Å²) >= 11 is 1.34. The van der Waals surface area contributed by atoms with E-state index >= 15 is 0 Å². The number of nitrogens with one attached hydrogen (secondary N) is 1. The van der Waals surface area contributed by atoms with Crippen molar-refractivity contribution in [1.29, 1.82) is 0 Å². The van der Waals surface area contributed by atoms with Gasteiger partial charge in [-0.25, -0.2) is 0 Å². The van der Waals surface area contributed by atoms with Crippen LogP contribution in [0.15, 0.2) is 5.51 Å². The first kappa shape index (κ1) is 6.72. The molecular formula is C6H7N3OS. The van der Waals surface area contributed by atoms with Crippen molar-refractivity contribution in [1.82, 2.24) is 10.2 Å². The van der Waals surface area contributed by atoms with Gasteiger partial charge in [0.25, 0.3) is 0 Å². The molecule has 0 atom stereocenters. The third kappa shape index (κ3) is 1.54. The summed E-state index contributed by atoms with van der Waals surface area (Å²) in [5.74, 6) is 0.320. The number of hydrogen-bond acceptors (Lipinski definition) is 4. The highest BCUT2D eigenvalue weighted by Gasteiger charge is 2.29. The molecule has 0 unspecified atom stereocenters. The van der Waals surface area contributed by atoms with Crippen LogP contribution in [-0.2, 0) is 4.79 Å². The van der Waals surface area contributed by atoms with Gasteiger partial charge in [0.2, 0.25) is 11.0 Å². The van der Waals surface area contributed by atoms with E-state index in [4.69, 9.17) is 0 Å². The SMILES string of the molecule is O=C(Nc1nncs1)C1CC1. The molecule has 1 aliphatic rings. The van der Waals surface area contributed by atoms with Crippen molar-refractivity contribution in [3.63, 3.8) is 0 Å². The number of amides is 1. The van der Waals surface area contributed by atoms with Crippen LogP contribution < -0.4 is 5.32 Å². The topological polar surface area (TPSA) is 54.9 Å². The Balaban J connectivity index is 1.94. The Kier molecular flexibility index (Phi) is 1.58. The van der Waals surface area contributed by atoms with Gasteiger partial charge in [0.05, 0.1) is 0 Å². The molecule has 0 spiro atoms. The summed E-state index contributed by atoms with van der Waals surface area (Å²) in [6.45, 7) is 0. The first-order chi connectivity index (χ1) is 5.36. The van der Waals surface area contributed by atoms with Gasteiger partial charge in [-0.1, -0.05) is 11.3 Å². The van der Waals surface area contributed by atoms with E-state index in [-0.39, 0.29) is 11.8 Å². The molecule has 0 aromatic carbocycles. The number of rotatable bonds is 2. The minimum absolute atomic E-state index is 0.0850. The molecule has 11 heavy (non-hydrogen) atoms. The lowest BCUT2D eigenvalue weighted by atomic mass is 10.4. The Morgan fingerprint density at radius 1 is 1.73 bits per heavy atom. The van der Waals surface area contributed by atoms with Crippen LogP contribution in [0.4, 0.5) is 5.13 Å². The van der Waals surface area contributed by atoms with Crippen molar-refractivity contribution in [3.8, 4) is 0 Å². The largest absolute Gasteiger partial charge is 0.300 e. The molecule has 1 aromatic heterocycles. The maximum absolute atomic E-state index is 11.1. The number of hydrogen-bond donors (Lipinski definition) is 1.